The quantitative estimate of drug-likeness (QED) is 0.864. The van der Waals surface area contributed by atoms with Gasteiger partial charge in [0.25, 0.3) is 5.56 Å². The summed E-state index contributed by atoms with van der Waals surface area (Å²) in [7, 11) is -2.06. The van der Waals surface area contributed by atoms with E-state index in [0.717, 1.165) is 25.1 Å². The first-order valence-electron chi connectivity index (χ1n) is 5.86. The van der Waals surface area contributed by atoms with Crippen LogP contribution in [0.15, 0.2) is 22.0 Å². The summed E-state index contributed by atoms with van der Waals surface area (Å²) in [6.07, 6.45) is 3.43. The number of aromatic amines is 1. The van der Waals surface area contributed by atoms with E-state index in [1.807, 2.05) is 0 Å². The fourth-order valence-corrected chi connectivity index (χ4v) is 3.65. The molecule has 1 aliphatic rings. The van der Waals surface area contributed by atoms with E-state index >= 15 is 0 Å². The number of hydrogen-bond donors (Lipinski definition) is 2. The minimum atomic E-state index is -3.67. The van der Waals surface area contributed by atoms with Crippen LogP contribution in [0.25, 0.3) is 0 Å². The maximum absolute atomic E-state index is 12.1. The monoisotopic (exact) mass is 306 g/mol. The molecule has 0 amide bonds. The number of ether oxygens (including phenoxy) is 1. The van der Waals surface area contributed by atoms with Gasteiger partial charge in [0, 0.05) is 19.3 Å². The van der Waals surface area contributed by atoms with Crippen LogP contribution < -0.4 is 10.3 Å². The van der Waals surface area contributed by atoms with Gasteiger partial charge in [-0.15, -0.1) is 0 Å². The Hall–Kier alpha value is -0.890. The van der Waals surface area contributed by atoms with Crippen LogP contribution in [0.4, 0.5) is 0 Å². The van der Waals surface area contributed by atoms with Gasteiger partial charge in [-0.2, -0.15) is 0 Å². The molecule has 0 bridgehead atoms. The zero-order valence-electron chi connectivity index (χ0n) is 10.3. The molecule has 1 heterocycles. The predicted octanol–water partition coefficient (Wildman–Crippen LogP) is 0.874. The van der Waals surface area contributed by atoms with Crippen LogP contribution in [0.3, 0.4) is 0 Å². The molecule has 0 radical (unpaired) electrons. The van der Waals surface area contributed by atoms with Gasteiger partial charge in [-0.25, -0.2) is 13.1 Å². The molecular formula is C11H15ClN2O4S. The number of rotatable bonds is 4. The Morgan fingerprint density at radius 3 is 2.79 bits per heavy atom. The van der Waals surface area contributed by atoms with Gasteiger partial charge in [0.2, 0.25) is 10.0 Å². The molecule has 1 aromatic heterocycles. The van der Waals surface area contributed by atoms with Crippen molar-refractivity contribution in [3.05, 3.63) is 27.6 Å². The Kier molecular flexibility index (Phi) is 4.29. The Morgan fingerprint density at radius 2 is 2.21 bits per heavy atom. The number of halogens is 1. The van der Waals surface area contributed by atoms with Crippen molar-refractivity contribution in [2.75, 3.05) is 7.11 Å². The van der Waals surface area contributed by atoms with E-state index in [-0.39, 0.29) is 22.1 Å². The number of sulfonamides is 1. The highest BCUT2D eigenvalue weighted by molar-refractivity contribution is 7.89. The highest BCUT2D eigenvalue weighted by Gasteiger charge is 2.28. The molecule has 0 spiro atoms. The zero-order chi connectivity index (χ0) is 14.0. The van der Waals surface area contributed by atoms with Gasteiger partial charge in [-0.1, -0.05) is 11.6 Å². The van der Waals surface area contributed by atoms with Gasteiger partial charge in [0.05, 0.1) is 11.0 Å². The molecule has 2 atom stereocenters. The van der Waals surface area contributed by atoms with Gasteiger partial charge in [0.1, 0.15) is 5.02 Å². The molecule has 1 saturated carbocycles. The lowest BCUT2D eigenvalue weighted by molar-refractivity contribution is 0.107. The number of hydrogen-bond acceptors (Lipinski definition) is 4. The minimum absolute atomic E-state index is 0.0435. The van der Waals surface area contributed by atoms with Crippen LogP contribution in [0.2, 0.25) is 5.02 Å². The Morgan fingerprint density at radius 1 is 1.47 bits per heavy atom. The maximum Gasteiger partial charge on any atom is 0.266 e. The molecule has 1 aliphatic carbocycles. The third-order valence-electron chi connectivity index (χ3n) is 3.18. The maximum atomic E-state index is 12.1. The summed E-state index contributed by atoms with van der Waals surface area (Å²) < 4.78 is 32.0. The second-order valence-corrected chi connectivity index (χ2v) is 6.62. The van der Waals surface area contributed by atoms with Gasteiger partial charge < -0.3 is 9.72 Å². The van der Waals surface area contributed by atoms with Crippen LogP contribution in [-0.4, -0.2) is 32.7 Å². The molecule has 6 nitrogen and oxygen atoms in total. The fraction of sp³-hybridized carbons (Fsp3) is 0.545. The second-order valence-electron chi connectivity index (χ2n) is 4.50. The lowest BCUT2D eigenvalue weighted by Gasteiger charge is -2.13. The largest absolute Gasteiger partial charge is 0.381 e. The van der Waals surface area contributed by atoms with Gasteiger partial charge in [0.15, 0.2) is 0 Å². The number of aromatic nitrogens is 1. The summed E-state index contributed by atoms with van der Waals surface area (Å²) in [5.74, 6) is 0. The highest BCUT2D eigenvalue weighted by atomic mass is 35.5. The van der Waals surface area contributed by atoms with E-state index in [1.54, 1.807) is 7.11 Å². The first-order chi connectivity index (χ1) is 8.92. The van der Waals surface area contributed by atoms with Crippen LogP contribution >= 0.6 is 11.6 Å². The van der Waals surface area contributed by atoms with Crippen LogP contribution in [0.5, 0.6) is 0 Å². The smallest absolute Gasteiger partial charge is 0.266 e. The van der Waals surface area contributed by atoms with Crippen molar-refractivity contribution < 1.29 is 13.2 Å². The van der Waals surface area contributed by atoms with E-state index in [4.69, 9.17) is 16.3 Å². The Balaban J connectivity index is 2.14. The van der Waals surface area contributed by atoms with Crippen molar-refractivity contribution in [2.24, 2.45) is 0 Å². The first-order valence-corrected chi connectivity index (χ1v) is 7.72. The minimum Gasteiger partial charge on any atom is -0.381 e. The van der Waals surface area contributed by atoms with E-state index in [2.05, 4.69) is 9.71 Å². The van der Waals surface area contributed by atoms with Crippen LogP contribution in [-0.2, 0) is 14.8 Å². The van der Waals surface area contributed by atoms with Gasteiger partial charge in [-0.05, 0) is 25.3 Å². The molecule has 0 saturated heterocycles. The van der Waals surface area contributed by atoms with E-state index < -0.39 is 15.6 Å². The summed E-state index contributed by atoms with van der Waals surface area (Å²) in [5.41, 5.74) is -0.513. The second kappa shape index (κ2) is 5.62. The van der Waals surface area contributed by atoms with E-state index in [0.29, 0.717) is 6.42 Å². The summed E-state index contributed by atoms with van der Waals surface area (Å²) in [5, 5.41) is -0.149. The third kappa shape index (κ3) is 3.36. The molecule has 19 heavy (non-hydrogen) atoms. The van der Waals surface area contributed by atoms with Gasteiger partial charge in [-0.3, -0.25) is 4.79 Å². The number of pyridine rings is 1. The van der Waals surface area contributed by atoms with Crippen molar-refractivity contribution in [1.29, 1.82) is 0 Å². The Bertz CT molecular complexity index is 613. The number of nitrogens with one attached hydrogen (secondary N) is 2. The van der Waals surface area contributed by atoms with Crippen molar-refractivity contribution in [1.82, 2.24) is 9.71 Å². The molecule has 1 aromatic rings. The highest BCUT2D eigenvalue weighted by Crippen LogP contribution is 2.23. The normalized spacial score (nSPS) is 23.7. The molecular weight excluding hydrogens is 292 g/mol. The predicted molar refractivity (Wildman–Crippen MR) is 70.8 cm³/mol. The van der Waals surface area contributed by atoms with E-state index in [9.17, 15) is 13.2 Å². The Labute approximate surface area is 116 Å². The molecule has 0 aromatic carbocycles. The molecule has 8 heteroatoms. The molecule has 0 aliphatic heterocycles. The standard InChI is InChI=1S/C11H15ClN2O4S/c1-18-8-3-2-7(4-8)14-19(16,17)9-5-10(12)11(15)13-6-9/h5-8,14H,2-4H2,1H3,(H,13,15). The molecule has 106 valence electrons. The van der Waals surface area contributed by atoms with Crippen molar-refractivity contribution in [3.8, 4) is 0 Å². The average molecular weight is 307 g/mol. The van der Waals surface area contributed by atoms with Crippen molar-refractivity contribution >= 4 is 21.6 Å². The SMILES string of the molecule is COC1CCC(NS(=O)(=O)c2c[nH]c(=O)c(Cl)c2)C1. The van der Waals surface area contributed by atoms with Crippen molar-refractivity contribution in [2.45, 2.75) is 36.3 Å². The van der Waals surface area contributed by atoms with Crippen LogP contribution in [0.1, 0.15) is 19.3 Å². The molecule has 2 unspecified atom stereocenters. The lowest BCUT2D eigenvalue weighted by Crippen LogP contribution is -2.33. The molecule has 2 N–H and O–H groups in total. The number of H-pyrrole nitrogens is 1. The summed E-state index contributed by atoms with van der Waals surface area (Å²) in [6.45, 7) is 0. The van der Waals surface area contributed by atoms with Gasteiger partial charge >= 0.3 is 0 Å². The number of methoxy groups -OCH3 is 1. The fourth-order valence-electron chi connectivity index (χ4n) is 2.14. The lowest BCUT2D eigenvalue weighted by atomic mass is 10.3. The third-order valence-corrected chi connectivity index (χ3v) is 4.96. The molecule has 2 rings (SSSR count). The average Bonchev–Trinajstić information content (AvgIpc) is 2.79. The van der Waals surface area contributed by atoms with Crippen LogP contribution in [0, 0.1) is 0 Å². The molecule has 1 fully saturated rings. The summed E-state index contributed by atoms with van der Waals surface area (Å²) >= 11 is 5.63. The van der Waals surface area contributed by atoms with E-state index in [1.165, 1.54) is 0 Å². The summed E-state index contributed by atoms with van der Waals surface area (Å²) in [6, 6.07) is 0.992. The first kappa shape index (κ1) is 14.5. The summed E-state index contributed by atoms with van der Waals surface area (Å²) in [4.78, 5) is 13.3. The zero-order valence-corrected chi connectivity index (χ0v) is 11.9. The topological polar surface area (TPSA) is 88.3 Å². The van der Waals surface area contributed by atoms with Crippen molar-refractivity contribution in [3.63, 3.8) is 0 Å².